The summed E-state index contributed by atoms with van der Waals surface area (Å²) < 4.78 is 0. The van der Waals surface area contributed by atoms with Gasteiger partial charge in [0.15, 0.2) is 0 Å². The Labute approximate surface area is 106 Å². The lowest BCUT2D eigenvalue weighted by Gasteiger charge is -2.25. The first-order valence-corrected chi connectivity index (χ1v) is 5.68. The number of hydrogen-bond donors (Lipinski definition) is 2. The summed E-state index contributed by atoms with van der Waals surface area (Å²) in [6.07, 6.45) is 1.57. The molecule has 1 aromatic heterocycles. The van der Waals surface area contributed by atoms with Crippen molar-refractivity contribution < 1.29 is 14.7 Å². The summed E-state index contributed by atoms with van der Waals surface area (Å²) in [4.78, 5) is 27.1. The number of rotatable bonds is 3. The van der Waals surface area contributed by atoms with Crippen molar-refractivity contribution in [2.75, 3.05) is 5.32 Å². The molecule has 18 heavy (non-hydrogen) atoms. The highest BCUT2D eigenvalue weighted by Crippen LogP contribution is 2.27. The minimum Gasteiger partial charge on any atom is -0.481 e. The first-order valence-electron chi connectivity index (χ1n) is 5.68. The number of amides is 1. The van der Waals surface area contributed by atoms with Gasteiger partial charge in [0.1, 0.15) is 11.7 Å². The van der Waals surface area contributed by atoms with Gasteiger partial charge in [0.05, 0.1) is 0 Å². The molecular formula is C13H18N2O3. The van der Waals surface area contributed by atoms with E-state index in [0.717, 1.165) is 5.56 Å². The van der Waals surface area contributed by atoms with Gasteiger partial charge in [-0.1, -0.05) is 20.8 Å². The van der Waals surface area contributed by atoms with Crippen LogP contribution in [-0.2, 0) is 9.59 Å². The lowest BCUT2D eigenvalue weighted by Crippen LogP contribution is -2.39. The molecule has 0 aliphatic carbocycles. The van der Waals surface area contributed by atoms with Crippen molar-refractivity contribution >= 4 is 17.7 Å². The fraction of sp³-hybridized carbons (Fsp3) is 0.462. The summed E-state index contributed by atoms with van der Waals surface area (Å²) in [7, 11) is 0. The third-order valence-electron chi connectivity index (χ3n) is 2.54. The maximum atomic E-state index is 12.0. The number of carbonyl (C=O) groups is 2. The zero-order valence-corrected chi connectivity index (χ0v) is 11.0. The number of aryl methyl sites for hydroxylation is 1. The molecule has 1 unspecified atom stereocenters. The fourth-order valence-electron chi connectivity index (χ4n) is 1.68. The van der Waals surface area contributed by atoms with E-state index in [-0.39, 0.29) is 0 Å². The number of nitrogens with zero attached hydrogens (tertiary/aromatic N) is 1. The number of aromatic nitrogens is 1. The highest BCUT2D eigenvalue weighted by atomic mass is 16.4. The molecule has 1 atom stereocenters. The summed E-state index contributed by atoms with van der Waals surface area (Å²) in [5.74, 6) is -2.42. The number of anilines is 1. The van der Waals surface area contributed by atoms with Crippen LogP contribution < -0.4 is 5.32 Å². The van der Waals surface area contributed by atoms with Gasteiger partial charge in [0.2, 0.25) is 5.91 Å². The van der Waals surface area contributed by atoms with Gasteiger partial charge in [-0.25, -0.2) is 4.98 Å². The van der Waals surface area contributed by atoms with Crippen LogP contribution in [0.25, 0.3) is 0 Å². The Morgan fingerprint density at radius 3 is 2.44 bits per heavy atom. The molecule has 0 fully saturated rings. The summed E-state index contributed by atoms with van der Waals surface area (Å²) in [6.45, 7) is 7.02. The molecule has 0 spiro atoms. The van der Waals surface area contributed by atoms with Crippen molar-refractivity contribution in [3.05, 3.63) is 23.9 Å². The topological polar surface area (TPSA) is 79.3 Å². The smallest absolute Gasteiger partial charge is 0.316 e. The SMILES string of the molecule is Cc1ccnc(NC(=O)C(C(=O)O)C(C)(C)C)c1. The first kappa shape index (κ1) is 14.2. The Bertz CT molecular complexity index is 464. The normalized spacial score (nSPS) is 12.9. The van der Waals surface area contributed by atoms with Crippen molar-refractivity contribution in [3.63, 3.8) is 0 Å². The van der Waals surface area contributed by atoms with Gasteiger partial charge in [-0.3, -0.25) is 9.59 Å². The summed E-state index contributed by atoms with van der Waals surface area (Å²) in [5.41, 5.74) is 0.294. The zero-order valence-electron chi connectivity index (χ0n) is 11.0. The number of aliphatic carboxylic acids is 1. The second-order valence-corrected chi connectivity index (χ2v) is 5.34. The molecular weight excluding hydrogens is 232 g/mol. The highest BCUT2D eigenvalue weighted by molar-refractivity contribution is 6.04. The van der Waals surface area contributed by atoms with Crippen LogP contribution in [0.4, 0.5) is 5.82 Å². The van der Waals surface area contributed by atoms with Gasteiger partial charge < -0.3 is 10.4 Å². The van der Waals surface area contributed by atoms with E-state index in [2.05, 4.69) is 10.3 Å². The van der Waals surface area contributed by atoms with Crippen LogP contribution >= 0.6 is 0 Å². The van der Waals surface area contributed by atoms with E-state index in [1.807, 2.05) is 6.92 Å². The van der Waals surface area contributed by atoms with E-state index in [1.165, 1.54) is 0 Å². The molecule has 1 heterocycles. The number of carboxylic acids is 1. The van der Waals surface area contributed by atoms with Crippen molar-refractivity contribution in [1.82, 2.24) is 4.98 Å². The second kappa shape index (κ2) is 5.16. The number of pyridine rings is 1. The lowest BCUT2D eigenvalue weighted by molar-refractivity contribution is -0.149. The molecule has 1 aromatic rings. The Kier molecular flexibility index (Phi) is 4.06. The van der Waals surface area contributed by atoms with E-state index >= 15 is 0 Å². The Balaban J connectivity index is 2.90. The molecule has 0 aliphatic rings. The second-order valence-electron chi connectivity index (χ2n) is 5.34. The van der Waals surface area contributed by atoms with Crippen LogP contribution in [-0.4, -0.2) is 22.0 Å². The molecule has 98 valence electrons. The molecule has 0 aliphatic heterocycles. The van der Waals surface area contributed by atoms with E-state index in [0.29, 0.717) is 5.82 Å². The van der Waals surface area contributed by atoms with Crippen LogP contribution in [0, 0.1) is 18.3 Å². The molecule has 1 amide bonds. The van der Waals surface area contributed by atoms with Crippen LogP contribution in [0.2, 0.25) is 0 Å². The van der Waals surface area contributed by atoms with Gasteiger partial charge in [-0.2, -0.15) is 0 Å². The monoisotopic (exact) mass is 250 g/mol. The van der Waals surface area contributed by atoms with Gasteiger partial charge in [0, 0.05) is 6.20 Å². The third-order valence-corrected chi connectivity index (χ3v) is 2.54. The van der Waals surface area contributed by atoms with E-state index in [4.69, 9.17) is 5.11 Å². The summed E-state index contributed by atoms with van der Waals surface area (Å²) >= 11 is 0. The summed E-state index contributed by atoms with van der Waals surface area (Å²) in [5, 5.41) is 11.7. The standard InChI is InChI=1S/C13H18N2O3/c1-8-5-6-14-9(7-8)15-11(16)10(12(17)18)13(2,3)4/h5-7,10H,1-4H3,(H,17,18)(H,14,15,16). The van der Waals surface area contributed by atoms with Crippen LogP contribution in [0.1, 0.15) is 26.3 Å². The quantitative estimate of drug-likeness (QED) is 0.805. The Hall–Kier alpha value is -1.91. The maximum Gasteiger partial charge on any atom is 0.316 e. The molecule has 0 saturated carbocycles. The van der Waals surface area contributed by atoms with Crippen LogP contribution in [0.15, 0.2) is 18.3 Å². The largest absolute Gasteiger partial charge is 0.481 e. The Morgan fingerprint density at radius 2 is 2.00 bits per heavy atom. The minimum atomic E-state index is -1.13. The lowest BCUT2D eigenvalue weighted by atomic mass is 9.80. The van der Waals surface area contributed by atoms with Crippen molar-refractivity contribution in [2.24, 2.45) is 11.3 Å². The summed E-state index contributed by atoms with van der Waals surface area (Å²) in [6, 6.07) is 3.49. The first-order chi connectivity index (χ1) is 8.21. The van der Waals surface area contributed by atoms with Crippen molar-refractivity contribution in [3.8, 4) is 0 Å². The molecule has 2 N–H and O–H groups in total. The molecule has 0 bridgehead atoms. The fourth-order valence-corrected chi connectivity index (χ4v) is 1.68. The van der Waals surface area contributed by atoms with Gasteiger partial charge >= 0.3 is 5.97 Å². The van der Waals surface area contributed by atoms with Gasteiger partial charge in [-0.15, -0.1) is 0 Å². The molecule has 0 saturated heterocycles. The van der Waals surface area contributed by atoms with Crippen molar-refractivity contribution in [2.45, 2.75) is 27.7 Å². The van der Waals surface area contributed by atoms with Crippen LogP contribution in [0.5, 0.6) is 0 Å². The van der Waals surface area contributed by atoms with E-state index in [9.17, 15) is 9.59 Å². The minimum absolute atomic E-state index is 0.371. The molecule has 5 nitrogen and oxygen atoms in total. The van der Waals surface area contributed by atoms with E-state index < -0.39 is 23.2 Å². The van der Waals surface area contributed by atoms with Gasteiger partial charge in [-0.05, 0) is 30.0 Å². The Morgan fingerprint density at radius 1 is 1.39 bits per heavy atom. The molecule has 5 heteroatoms. The number of nitrogens with one attached hydrogen (secondary N) is 1. The molecule has 0 aromatic carbocycles. The highest BCUT2D eigenvalue weighted by Gasteiger charge is 2.37. The zero-order chi connectivity index (χ0) is 13.9. The number of carboxylic acid groups (broad SMARTS) is 1. The van der Waals surface area contributed by atoms with Gasteiger partial charge in [0.25, 0.3) is 0 Å². The number of hydrogen-bond acceptors (Lipinski definition) is 3. The van der Waals surface area contributed by atoms with Crippen molar-refractivity contribution in [1.29, 1.82) is 0 Å². The van der Waals surface area contributed by atoms with E-state index in [1.54, 1.807) is 39.1 Å². The maximum absolute atomic E-state index is 12.0. The molecule has 1 rings (SSSR count). The average molecular weight is 250 g/mol. The predicted molar refractivity (Wildman–Crippen MR) is 68.2 cm³/mol. The average Bonchev–Trinajstić information content (AvgIpc) is 2.13. The number of carbonyl (C=O) groups excluding carboxylic acids is 1. The predicted octanol–water partition coefficient (Wildman–Crippen LogP) is 2.08. The molecule has 0 radical (unpaired) electrons. The van der Waals surface area contributed by atoms with Crippen LogP contribution in [0.3, 0.4) is 0 Å². The third kappa shape index (κ3) is 3.55.